The van der Waals surface area contributed by atoms with Gasteiger partial charge in [0, 0.05) is 39.9 Å². The molecule has 3 aromatic carbocycles. The van der Waals surface area contributed by atoms with Crippen LogP contribution >= 0.6 is 11.6 Å². The second kappa shape index (κ2) is 9.66. The van der Waals surface area contributed by atoms with Crippen molar-refractivity contribution in [3.63, 3.8) is 0 Å². The quantitative estimate of drug-likeness (QED) is 0.270. The summed E-state index contributed by atoms with van der Waals surface area (Å²) < 4.78 is 13.2. The lowest BCUT2D eigenvalue weighted by atomic mass is 10.1. The minimum Gasteiger partial charge on any atom is -0.361 e. The molecule has 0 spiro atoms. The first-order valence-corrected chi connectivity index (χ1v) is 10.6. The summed E-state index contributed by atoms with van der Waals surface area (Å²) in [7, 11) is 0. The molecule has 1 aromatic heterocycles. The number of anilines is 1. The van der Waals surface area contributed by atoms with Crippen LogP contribution in [-0.4, -0.2) is 23.4 Å². The summed E-state index contributed by atoms with van der Waals surface area (Å²) >= 11 is 6.14. The fourth-order valence-electron chi connectivity index (χ4n) is 3.37. The third-order valence-corrected chi connectivity index (χ3v) is 5.35. The summed E-state index contributed by atoms with van der Waals surface area (Å²) in [6.07, 6.45) is 2.67. The number of amides is 1. The van der Waals surface area contributed by atoms with E-state index >= 15 is 0 Å². The number of para-hydroxylation sites is 1. The van der Waals surface area contributed by atoms with Gasteiger partial charge in [-0.2, -0.15) is 0 Å². The van der Waals surface area contributed by atoms with E-state index in [1.54, 1.807) is 12.1 Å². The molecule has 4 aromatic rings. The molecule has 1 heterocycles. The van der Waals surface area contributed by atoms with Gasteiger partial charge in [0.25, 0.3) is 5.91 Å². The van der Waals surface area contributed by atoms with Gasteiger partial charge in [-0.25, -0.2) is 4.39 Å². The Hall–Kier alpha value is -3.64. The fourth-order valence-corrected chi connectivity index (χ4v) is 3.55. The van der Waals surface area contributed by atoms with Gasteiger partial charge in [0.1, 0.15) is 5.82 Å². The van der Waals surface area contributed by atoms with E-state index in [9.17, 15) is 9.18 Å². The third-order valence-electron chi connectivity index (χ3n) is 5.12. The largest absolute Gasteiger partial charge is 0.361 e. The number of nitrogens with zero attached hydrogens (tertiary/aromatic N) is 1. The van der Waals surface area contributed by atoms with Gasteiger partial charge in [-0.15, -0.1) is 0 Å². The van der Waals surface area contributed by atoms with Crippen molar-refractivity contribution in [2.24, 2.45) is 4.99 Å². The van der Waals surface area contributed by atoms with E-state index in [1.807, 2.05) is 37.4 Å². The molecular formula is C25H22ClFN4O. The lowest BCUT2D eigenvalue weighted by Gasteiger charge is -2.14. The zero-order valence-corrected chi connectivity index (χ0v) is 18.2. The molecule has 1 amide bonds. The molecule has 0 aliphatic rings. The molecule has 0 aliphatic carbocycles. The van der Waals surface area contributed by atoms with Crippen molar-refractivity contribution >= 4 is 40.1 Å². The molecule has 0 radical (unpaired) electrons. The van der Waals surface area contributed by atoms with Crippen LogP contribution in [0.25, 0.3) is 10.9 Å². The fraction of sp³-hybridized carbons (Fsp3) is 0.120. The number of nitrogens with one attached hydrogen (secondary N) is 3. The lowest BCUT2D eigenvalue weighted by molar-refractivity contribution is 0.0977. The highest BCUT2D eigenvalue weighted by Crippen LogP contribution is 2.21. The van der Waals surface area contributed by atoms with Gasteiger partial charge in [0.15, 0.2) is 0 Å². The molecule has 3 N–H and O–H groups in total. The zero-order chi connectivity index (χ0) is 22.5. The van der Waals surface area contributed by atoms with Crippen LogP contribution in [0.15, 0.2) is 77.9 Å². The van der Waals surface area contributed by atoms with E-state index in [2.05, 4.69) is 26.7 Å². The number of rotatable bonds is 5. The topological polar surface area (TPSA) is 69.3 Å². The number of carbonyl (C=O) groups is 1. The molecule has 5 nitrogen and oxygen atoms in total. The van der Waals surface area contributed by atoms with Crippen LogP contribution in [-0.2, 0) is 6.42 Å². The minimum atomic E-state index is -0.401. The van der Waals surface area contributed by atoms with Crippen LogP contribution in [0.1, 0.15) is 21.5 Å². The highest BCUT2D eigenvalue weighted by Gasteiger charge is 2.11. The first-order chi connectivity index (χ1) is 15.5. The van der Waals surface area contributed by atoms with Crippen LogP contribution in [0.2, 0.25) is 5.02 Å². The Morgan fingerprint density at radius 3 is 2.69 bits per heavy atom. The average molecular weight is 449 g/mol. The smallest absolute Gasteiger partial charge is 0.257 e. The Labute approximate surface area is 190 Å². The summed E-state index contributed by atoms with van der Waals surface area (Å²) in [5.41, 5.74) is 4.24. The minimum absolute atomic E-state index is 0.296. The maximum atomic E-state index is 13.2. The molecule has 0 bridgehead atoms. The predicted octanol–water partition coefficient (Wildman–Crippen LogP) is 5.71. The van der Waals surface area contributed by atoms with Crippen molar-refractivity contribution in [3.8, 4) is 0 Å². The maximum absolute atomic E-state index is 13.2. The molecule has 0 saturated heterocycles. The number of hydrogen-bond donors (Lipinski definition) is 3. The molecule has 4 rings (SSSR count). The molecule has 32 heavy (non-hydrogen) atoms. The Morgan fingerprint density at radius 2 is 1.88 bits per heavy atom. The monoisotopic (exact) mass is 448 g/mol. The molecule has 0 fully saturated rings. The second-order valence-corrected chi connectivity index (χ2v) is 7.82. The number of aromatic amines is 1. The molecule has 7 heteroatoms. The molecule has 0 unspecified atom stereocenters. The number of H-pyrrole nitrogens is 1. The molecule has 0 saturated carbocycles. The number of hydrogen-bond acceptors (Lipinski definition) is 2. The van der Waals surface area contributed by atoms with Crippen molar-refractivity contribution in [2.45, 2.75) is 13.3 Å². The summed E-state index contributed by atoms with van der Waals surface area (Å²) in [6.45, 7) is 2.39. The van der Waals surface area contributed by atoms with E-state index in [0.29, 0.717) is 29.5 Å². The molecule has 0 aliphatic heterocycles. The second-order valence-electron chi connectivity index (χ2n) is 7.39. The first-order valence-electron chi connectivity index (χ1n) is 10.2. The average Bonchev–Trinajstić information content (AvgIpc) is 3.20. The number of halogens is 2. The third kappa shape index (κ3) is 5.15. The van der Waals surface area contributed by atoms with Crippen molar-refractivity contribution in [2.75, 3.05) is 11.9 Å². The summed E-state index contributed by atoms with van der Waals surface area (Å²) in [5.74, 6) is -0.491. The van der Waals surface area contributed by atoms with Gasteiger partial charge >= 0.3 is 0 Å². The lowest BCUT2D eigenvalue weighted by Crippen LogP contribution is -2.36. The van der Waals surface area contributed by atoms with Crippen molar-refractivity contribution in [1.29, 1.82) is 0 Å². The number of carbonyl (C=O) groups excluding carboxylic acids is 1. The van der Waals surface area contributed by atoms with Gasteiger partial charge in [-0.05, 0) is 66.9 Å². The highest BCUT2D eigenvalue weighted by molar-refractivity contribution is 6.31. The molecule has 162 valence electrons. The molecular weight excluding hydrogens is 427 g/mol. The van der Waals surface area contributed by atoms with Crippen LogP contribution in [0.4, 0.5) is 10.1 Å². The van der Waals surface area contributed by atoms with Crippen LogP contribution in [0.5, 0.6) is 0 Å². The highest BCUT2D eigenvalue weighted by atomic mass is 35.5. The Bertz CT molecular complexity index is 1280. The zero-order valence-electron chi connectivity index (χ0n) is 17.5. The number of aryl methyl sites for hydroxylation is 1. The first kappa shape index (κ1) is 21.6. The van der Waals surface area contributed by atoms with E-state index in [4.69, 9.17) is 11.6 Å². The predicted molar refractivity (Wildman–Crippen MR) is 128 cm³/mol. The van der Waals surface area contributed by atoms with Crippen molar-refractivity contribution in [1.82, 2.24) is 10.3 Å². The van der Waals surface area contributed by atoms with Gasteiger partial charge in [-0.3, -0.25) is 15.1 Å². The van der Waals surface area contributed by atoms with Crippen LogP contribution in [0.3, 0.4) is 0 Å². The Kier molecular flexibility index (Phi) is 6.52. The van der Waals surface area contributed by atoms with Crippen LogP contribution < -0.4 is 10.6 Å². The van der Waals surface area contributed by atoms with Gasteiger partial charge in [-0.1, -0.05) is 35.9 Å². The summed E-state index contributed by atoms with van der Waals surface area (Å²) in [5, 5.41) is 7.68. The van der Waals surface area contributed by atoms with Gasteiger partial charge in [0.05, 0.1) is 0 Å². The van der Waals surface area contributed by atoms with E-state index < -0.39 is 5.82 Å². The Balaban J connectivity index is 1.54. The number of aromatic nitrogens is 1. The summed E-state index contributed by atoms with van der Waals surface area (Å²) in [6, 6.07) is 18.9. The number of benzene rings is 3. The van der Waals surface area contributed by atoms with E-state index in [0.717, 1.165) is 27.7 Å². The Morgan fingerprint density at radius 1 is 1.09 bits per heavy atom. The van der Waals surface area contributed by atoms with E-state index in [-0.39, 0.29) is 5.91 Å². The summed E-state index contributed by atoms with van der Waals surface area (Å²) in [4.78, 5) is 20.5. The van der Waals surface area contributed by atoms with Gasteiger partial charge < -0.3 is 10.3 Å². The number of aliphatic imine (C=N–C) groups is 1. The number of fused-ring (bicyclic) bond motifs is 1. The SMILES string of the molecule is Cc1ccc(Cl)cc1NC(=NCCc1c[nH]c2ccccc12)NC(=O)c1ccc(F)cc1. The molecule has 0 atom stereocenters. The van der Waals surface area contributed by atoms with Crippen LogP contribution in [0, 0.1) is 12.7 Å². The number of guanidine groups is 1. The van der Waals surface area contributed by atoms with E-state index in [1.165, 1.54) is 24.3 Å². The van der Waals surface area contributed by atoms with Crippen molar-refractivity contribution < 1.29 is 9.18 Å². The van der Waals surface area contributed by atoms with Crippen molar-refractivity contribution in [3.05, 3.63) is 100 Å². The standard InChI is InChI=1S/C25H22ClFN4O/c1-16-6-9-19(26)14-23(16)30-25(31-24(32)17-7-10-20(27)11-8-17)28-13-12-18-15-29-22-5-3-2-4-21(18)22/h2-11,14-15,29H,12-13H2,1H3,(H2,28,30,31,32). The maximum Gasteiger partial charge on any atom is 0.257 e. The van der Waals surface area contributed by atoms with Gasteiger partial charge in [0.2, 0.25) is 5.96 Å². The normalized spacial score (nSPS) is 11.5.